The number of ketones is 1. The number of carbonyl (C=O) groups is 4. The first-order valence-electron chi connectivity index (χ1n) is 16.5. The molecule has 3 aromatic rings. The van der Waals surface area contributed by atoms with Gasteiger partial charge in [-0.2, -0.15) is 0 Å². The van der Waals surface area contributed by atoms with Gasteiger partial charge in [0.1, 0.15) is 25.1 Å². The molecule has 1 heterocycles. The Kier molecular flexibility index (Phi) is 22.6. The monoisotopic (exact) mass is 647 g/mol. The third-order valence-corrected chi connectivity index (χ3v) is 8.21. The van der Waals surface area contributed by atoms with Crippen LogP contribution in [0.15, 0.2) is 78.9 Å². The molecule has 3 aromatic carbocycles. The lowest BCUT2D eigenvalue weighted by atomic mass is 9.72. The van der Waals surface area contributed by atoms with E-state index in [1.54, 1.807) is 31.2 Å². The Hall–Kier alpha value is -4.30. The van der Waals surface area contributed by atoms with Crippen molar-refractivity contribution in [1.29, 1.82) is 0 Å². The molecule has 1 aliphatic heterocycles. The van der Waals surface area contributed by atoms with Crippen LogP contribution in [0.3, 0.4) is 0 Å². The van der Waals surface area contributed by atoms with Crippen molar-refractivity contribution in [2.45, 2.75) is 86.1 Å². The van der Waals surface area contributed by atoms with Crippen LogP contribution >= 0.6 is 0 Å². The predicted octanol–water partition coefficient (Wildman–Crippen LogP) is 8.33. The average Bonchev–Trinajstić information content (AvgIpc) is 3.12. The van der Waals surface area contributed by atoms with Gasteiger partial charge < -0.3 is 30.2 Å². The maximum Gasteiger partial charge on any atom is 0.319 e. The second kappa shape index (κ2) is 24.9. The Bertz CT molecular complexity index is 1260. The highest BCUT2D eigenvalue weighted by Gasteiger charge is 2.37. The van der Waals surface area contributed by atoms with Crippen LogP contribution in [-0.4, -0.2) is 55.0 Å². The number of carbonyl (C=O) groups excluding carboxylic acids is 4. The Labute approximate surface area is 283 Å². The molecule has 1 atom stereocenters. The van der Waals surface area contributed by atoms with E-state index in [2.05, 4.69) is 60.6 Å². The summed E-state index contributed by atoms with van der Waals surface area (Å²) in [7, 11) is 0. The molecule has 0 saturated carbocycles. The fourth-order valence-electron chi connectivity index (χ4n) is 5.50. The van der Waals surface area contributed by atoms with E-state index in [1.165, 1.54) is 11.1 Å². The third-order valence-electron chi connectivity index (χ3n) is 8.21. The molecule has 4 rings (SSSR count). The molecular formula is C39H57N3O5. The lowest BCUT2D eigenvalue weighted by molar-refractivity contribution is -0.130. The van der Waals surface area contributed by atoms with Gasteiger partial charge >= 0.3 is 6.03 Å². The highest BCUT2D eigenvalue weighted by Crippen LogP contribution is 2.37. The topological polar surface area (TPSA) is 116 Å². The Morgan fingerprint density at radius 3 is 1.94 bits per heavy atom. The van der Waals surface area contributed by atoms with Crippen LogP contribution in [0, 0.1) is 12.3 Å². The van der Waals surface area contributed by atoms with E-state index in [4.69, 9.17) is 9.59 Å². The summed E-state index contributed by atoms with van der Waals surface area (Å²) in [5.74, 6) is 0.358. The van der Waals surface area contributed by atoms with E-state index in [0.717, 1.165) is 63.7 Å². The molecule has 3 N–H and O–H groups in total. The van der Waals surface area contributed by atoms with E-state index < -0.39 is 0 Å². The Morgan fingerprint density at radius 2 is 1.43 bits per heavy atom. The molecule has 47 heavy (non-hydrogen) atoms. The van der Waals surface area contributed by atoms with Gasteiger partial charge in [-0.1, -0.05) is 106 Å². The van der Waals surface area contributed by atoms with Crippen molar-refractivity contribution in [2.24, 2.45) is 5.41 Å². The van der Waals surface area contributed by atoms with Gasteiger partial charge in [-0.3, -0.25) is 4.79 Å². The van der Waals surface area contributed by atoms with Crippen LogP contribution in [-0.2, 0) is 20.8 Å². The van der Waals surface area contributed by atoms with Crippen molar-refractivity contribution in [3.05, 3.63) is 95.6 Å². The van der Waals surface area contributed by atoms with E-state index in [1.807, 2.05) is 57.8 Å². The first-order chi connectivity index (χ1) is 22.8. The molecule has 8 heteroatoms. The van der Waals surface area contributed by atoms with Gasteiger partial charge in [-0.15, -0.1) is 0 Å². The van der Waals surface area contributed by atoms with E-state index in [0.29, 0.717) is 11.5 Å². The van der Waals surface area contributed by atoms with Crippen molar-refractivity contribution >= 4 is 31.1 Å². The number of phenols is 1. The van der Waals surface area contributed by atoms with Gasteiger partial charge in [0, 0.05) is 12.0 Å². The summed E-state index contributed by atoms with van der Waals surface area (Å²) < 4.78 is 0. The number of urea groups is 1. The number of benzene rings is 3. The number of hydrogen-bond acceptors (Lipinski definition) is 6. The summed E-state index contributed by atoms with van der Waals surface area (Å²) in [4.78, 5) is 43.3. The molecule has 258 valence electrons. The number of nitrogens with zero attached hydrogens (tertiary/aromatic N) is 1. The minimum atomic E-state index is -0.350. The van der Waals surface area contributed by atoms with Crippen molar-refractivity contribution < 1.29 is 24.3 Å². The number of piperidine rings is 1. The number of nitrogens with one attached hydrogen (secondary N) is 2. The molecule has 1 aliphatic rings. The summed E-state index contributed by atoms with van der Waals surface area (Å²) in [5, 5.41) is 15.7. The van der Waals surface area contributed by atoms with Crippen LogP contribution in [0.2, 0.25) is 0 Å². The van der Waals surface area contributed by atoms with Crippen LogP contribution < -0.4 is 10.6 Å². The normalized spacial score (nSPS) is 13.6. The Balaban J connectivity index is 0.00000118. The van der Waals surface area contributed by atoms with Gasteiger partial charge in [0.25, 0.3) is 0 Å². The van der Waals surface area contributed by atoms with Gasteiger partial charge in [-0.25, -0.2) is 4.79 Å². The van der Waals surface area contributed by atoms with Crippen molar-refractivity contribution in [3.8, 4) is 5.75 Å². The van der Waals surface area contributed by atoms with E-state index >= 15 is 0 Å². The fourth-order valence-corrected chi connectivity index (χ4v) is 5.50. The minimum absolute atomic E-state index is 0.0354. The number of Topliss-reactive ketones (excluding diaryl/α,β-unsaturated/α-hetero) is 1. The van der Waals surface area contributed by atoms with Crippen LogP contribution in [0.25, 0.3) is 0 Å². The molecule has 1 saturated heterocycles. The highest BCUT2D eigenvalue weighted by molar-refractivity contribution is 5.91. The fraction of sp³-hybridized carbons (Fsp3) is 0.436. The van der Waals surface area contributed by atoms with E-state index in [-0.39, 0.29) is 23.2 Å². The standard InChI is InChI=1S/C26H35N3O3.C9H12.C2H6.2CH2O/c1-3-14-26(20(2)30)15-18-29(19-16-26)17-13-22(21-9-5-4-6-10-21)27-25(32)28-23-11-7-8-12-24(23)31;1-3-9-6-4-8(2)5-7-9;3*1-2/h4-12,22,31H,3,13-19H2,1-2H3,(H2,27,28,32);4-7H,3H2,1-2H3;1-2H3;2*1H2. The number of aryl methyl sites for hydroxylation is 2. The average molecular weight is 648 g/mol. The molecule has 0 aliphatic carbocycles. The molecule has 0 spiro atoms. The zero-order chi connectivity index (χ0) is 35.7. The molecule has 1 unspecified atom stereocenters. The number of likely N-dealkylation sites (tertiary alicyclic amines) is 1. The number of phenolic OH excluding ortho intramolecular Hbond substituents is 1. The first kappa shape index (κ1) is 42.7. The molecular weight excluding hydrogens is 590 g/mol. The Morgan fingerprint density at radius 1 is 0.872 bits per heavy atom. The van der Waals surface area contributed by atoms with Gasteiger partial charge in [0.2, 0.25) is 0 Å². The van der Waals surface area contributed by atoms with Crippen molar-refractivity contribution in [3.63, 3.8) is 0 Å². The number of hydrogen-bond donors (Lipinski definition) is 3. The lowest BCUT2D eigenvalue weighted by Gasteiger charge is -2.40. The summed E-state index contributed by atoms with van der Waals surface area (Å²) in [6, 6.07) is 24.8. The number of amides is 2. The molecule has 1 fully saturated rings. The summed E-state index contributed by atoms with van der Waals surface area (Å²) in [6.07, 6.45) is 5.72. The summed E-state index contributed by atoms with van der Waals surface area (Å²) in [5.41, 5.74) is 4.03. The largest absolute Gasteiger partial charge is 0.506 e. The predicted molar refractivity (Wildman–Crippen MR) is 194 cm³/mol. The van der Waals surface area contributed by atoms with Gasteiger partial charge in [0.15, 0.2) is 0 Å². The van der Waals surface area contributed by atoms with E-state index in [9.17, 15) is 14.7 Å². The molecule has 0 bridgehead atoms. The van der Waals surface area contributed by atoms with Crippen LogP contribution in [0.4, 0.5) is 10.5 Å². The molecule has 0 aromatic heterocycles. The van der Waals surface area contributed by atoms with Crippen LogP contribution in [0.1, 0.15) is 89.5 Å². The highest BCUT2D eigenvalue weighted by atomic mass is 16.3. The smallest absolute Gasteiger partial charge is 0.319 e. The van der Waals surface area contributed by atoms with Gasteiger partial charge in [0.05, 0.1) is 11.7 Å². The first-order valence-corrected chi connectivity index (χ1v) is 16.5. The second-order valence-electron chi connectivity index (χ2n) is 11.1. The van der Waals surface area contributed by atoms with Crippen molar-refractivity contribution in [2.75, 3.05) is 25.0 Å². The number of rotatable bonds is 10. The quantitative estimate of drug-likeness (QED) is 0.191. The maximum atomic E-state index is 12.6. The minimum Gasteiger partial charge on any atom is -0.506 e. The van der Waals surface area contributed by atoms with Crippen molar-refractivity contribution in [1.82, 2.24) is 10.2 Å². The number of aromatic hydroxyl groups is 1. The third kappa shape index (κ3) is 15.2. The summed E-state index contributed by atoms with van der Waals surface area (Å²) >= 11 is 0. The molecule has 0 radical (unpaired) electrons. The molecule has 8 nitrogen and oxygen atoms in total. The maximum absolute atomic E-state index is 12.6. The van der Waals surface area contributed by atoms with Crippen LogP contribution in [0.5, 0.6) is 5.75 Å². The zero-order valence-electron chi connectivity index (χ0n) is 29.4. The number of para-hydroxylation sites is 2. The number of anilines is 1. The second-order valence-corrected chi connectivity index (χ2v) is 11.1. The molecule has 2 amide bonds. The zero-order valence-corrected chi connectivity index (χ0v) is 29.4. The lowest BCUT2D eigenvalue weighted by Crippen LogP contribution is -2.44. The SMILES string of the molecule is C=O.C=O.CC.CCCC1(C(C)=O)CCN(CCC(NC(=O)Nc2ccccc2O)c2ccccc2)CC1.CCc1ccc(C)cc1. The van der Waals surface area contributed by atoms with Gasteiger partial charge in [-0.05, 0) is 82.3 Å². The summed E-state index contributed by atoms with van der Waals surface area (Å²) in [6.45, 7) is 18.8.